The first kappa shape index (κ1) is 22.7. The highest BCUT2D eigenvalue weighted by molar-refractivity contribution is 6.31. The molecule has 0 aliphatic heterocycles. The molecule has 0 amide bonds. The van der Waals surface area contributed by atoms with Gasteiger partial charge in [0.15, 0.2) is 0 Å². The highest BCUT2D eigenvalue weighted by Crippen LogP contribution is 2.38. The lowest BCUT2D eigenvalue weighted by Gasteiger charge is -2.32. The van der Waals surface area contributed by atoms with Crippen LogP contribution in [0.15, 0.2) is 72.5 Å². The number of halogens is 1. The largest absolute Gasteiger partial charge is 0.378 e. The molecule has 0 fully saturated rings. The van der Waals surface area contributed by atoms with Crippen LogP contribution < -0.4 is 10.2 Å². The van der Waals surface area contributed by atoms with Crippen molar-refractivity contribution in [2.24, 2.45) is 0 Å². The fourth-order valence-electron chi connectivity index (χ4n) is 5.51. The first-order valence-electron chi connectivity index (χ1n) is 12.1. The van der Waals surface area contributed by atoms with E-state index in [1.165, 1.54) is 31.3 Å². The van der Waals surface area contributed by atoms with E-state index in [1.54, 1.807) is 5.57 Å². The van der Waals surface area contributed by atoms with Gasteiger partial charge in [0.2, 0.25) is 0 Å². The van der Waals surface area contributed by atoms with Crippen LogP contribution in [0.2, 0.25) is 5.02 Å². The van der Waals surface area contributed by atoms with E-state index in [2.05, 4.69) is 74.2 Å². The number of anilines is 1. The van der Waals surface area contributed by atoms with Crippen LogP contribution in [-0.4, -0.2) is 25.1 Å². The first-order valence-corrected chi connectivity index (χ1v) is 12.5. The standard InChI is InChI=1S/C30H32ClN3/c1-19-15-22(17-23(31)16-19)25-12-8-13-26-29(25)32-18-27(30(26)34(3)4)20(2)33-28-14-7-10-21-9-5-6-11-24(21)28/h6,8,11-13,15-18,28,33H,2,5,7,9-10,14H2,1,3-4H3. The normalized spacial score (nSPS) is 17.6. The summed E-state index contributed by atoms with van der Waals surface area (Å²) in [6.45, 7) is 6.54. The molecule has 34 heavy (non-hydrogen) atoms. The Labute approximate surface area is 207 Å². The third-order valence-electron chi connectivity index (χ3n) is 7.01. The van der Waals surface area contributed by atoms with E-state index in [0.717, 1.165) is 56.0 Å². The van der Waals surface area contributed by atoms with Gasteiger partial charge in [-0.25, -0.2) is 0 Å². The van der Waals surface area contributed by atoms with Crippen molar-refractivity contribution >= 4 is 33.9 Å². The van der Waals surface area contributed by atoms with Gasteiger partial charge >= 0.3 is 0 Å². The Kier molecular flexibility index (Phi) is 6.22. The van der Waals surface area contributed by atoms with Gasteiger partial charge in [0.25, 0.3) is 0 Å². The zero-order chi connectivity index (χ0) is 23.8. The first-order chi connectivity index (χ1) is 16.4. The topological polar surface area (TPSA) is 28.2 Å². The lowest BCUT2D eigenvalue weighted by Crippen LogP contribution is -2.33. The third kappa shape index (κ3) is 4.25. The van der Waals surface area contributed by atoms with Crippen LogP contribution in [0.25, 0.3) is 27.7 Å². The fourth-order valence-corrected chi connectivity index (χ4v) is 5.80. The minimum atomic E-state index is 0.319. The predicted molar refractivity (Wildman–Crippen MR) is 146 cm³/mol. The number of nitrogens with one attached hydrogen (secondary N) is 1. The number of nitrogens with zero attached hydrogens (tertiary/aromatic N) is 2. The van der Waals surface area contributed by atoms with Crippen LogP contribution in [-0.2, 0) is 0 Å². The van der Waals surface area contributed by atoms with Gasteiger partial charge in [0.05, 0.1) is 17.2 Å². The third-order valence-corrected chi connectivity index (χ3v) is 7.23. The van der Waals surface area contributed by atoms with Gasteiger partial charge in [-0.15, -0.1) is 0 Å². The van der Waals surface area contributed by atoms with Crippen molar-refractivity contribution in [2.45, 2.75) is 45.1 Å². The maximum absolute atomic E-state index is 6.38. The van der Waals surface area contributed by atoms with Gasteiger partial charge in [0, 0.05) is 47.5 Å². The van der Waals surface area contributed by atoms with Crippen LogP contribution in [0.5, 0.6) is 0 Å². The average Bonchev–Trinajstić information content (AvgIpc) is 2.82. The van der Waals surface area contributed by atoms with E-state index < -0.39 is 0 Å². The monoisotopic (exact) mass is 469 g/mol. The number of pyridine rings is 1. The molecule has 3 nitrogen and oxygen atoms in total. The fraction of sp³-hybridized carbons (Fsp3) is 0.300. The van der Waals surface area contributed by atoms with Crippen LogP contribution in [0.1, 0.15) is 43.2 Å². The Morgan fingerprint density at radius 3 is 2.82 bits per heavy atom. The van der Waals surface area contributed by atoms with Crippen molar-refractivity contribution in [3.8, 4) is 11.1 Å². The molecule has 1 unspecified atom stereocenters. The summed E-state index contributed by atoms with van der Waals surface area (Å²) >= 11 is 6.38. The minimum absolute atomic E-state index is 0.319. The molecule has 2 aliphatic rings. The summed E-state index contributed by atoms with van der Waals surface area (Å²) < 4.78 is 0. The van der Waals surface area contributed by atoms with Gasteiger partial charge in [-0.1, -0.05) is 60.2 Å². The number of aromatic nitrogens is 1. The molecule has 2 aliphatic carbocycles. The SMILES string of the molecule is C=C(NC1CCCC2=C1C=CCC2)c1cnc2c(-c3cc(C)cc(Cl)c3)cccc2c1N(C)C. The van der Waals surface area contributed by atoms with E-state index in [1.807, 2.05) is 18.3 Å². The highest BCUT2D eigenvalue weighted by atomic mass is 35.5. The molecule has 174 valence electrons. The molecule has 0 saturated carbocycles. The van der Waals surface area contributed by atoms with Crippen LogP contribution in [0, 0.1) is 6.92 Å². The lowest BCUT2D eigenvalue weighted by molar-refractivity contribution is 0.543. The van der Waals surface area contributed by atoms with Crippen molar-refractivity contribution < 1.29 is 0 Å². The quantitative estimate of drug-likeness (QED) is 0.415. The minimum Gasteiger partial charge on any atom is -0.378 e. The Bertz CT molecular complexity index is 1310. The second kappa shape index (κ2) is 9.31. The van der Waals surface area contributed by atoms with Crippen molar-refractivity contribution in [1.82, 2.24) is 10.3 Å². The zero-order valence-electron chi connectivity index (χ0n) is 20.3. The summed E-state index contributed by atoms with van der Waals surface area (Å²) in [6.07, 6.45) is 12.6. The summed E-state index contributed by atoms with van der Waals surface area (Å²) in [4.78, 5) is 7.13. The summed E-state index contributed by atoms with van der Waals surface area (Å²) in [7, 11) is 4.18. The molecule has 1 aromatic heterocycles. The summed E-state index contributed by atoms with van der Waals surface area (Å²) in [5, 5.41) is 5.62. The van der Waals surface area contributed by atoms with Crippen molar-refractivity contribution in [2.75, 3.05) is 19.0 Å². The Morgan fingerprint density at radius 2 is 2.03 bits per heavy atom. The molecule has 5 rings (SSSR count). The maximum atomic E-state index is 6.38. The van der Waals surface area contributed by atoms with Gasteiger partial charge in [-0.3, -0.25) is 4.98 Å². The maximum Gasteiger partial charge on any atom is 0.0801 e. The lowest BCUT2D eigenvalue weighted by atomic mass is 9.82. The smallest absolute Gasteiger partial charge is 0.0801 e. The molecule has 0 bridgehead atoms. The molecule has 1 atom stereocenters. The second-order valence-corrected chi connectivity index (χ2v) is 10.1. The van der Waals surface area contributed by atoms with Crippen molar-refractivity contribution in [3.63, 3.8) is 0 Å². The summed E-state index contributed by atoms with van der Waals surface area (Å²) in [5.41, 5.74) is 10.5. The van der Waals surface area contributed by atoms with E-state index in [4.69, 9.17) is 16.6 Å². The Hall–Kier alpha value is -3.04. The number of hydrogen-bond donors (Lipinski definition) is 1. The van der Waals surface area contributed by atoms with E-state index in [-0.39, 0.29) is 0 Å². The molecular formula is C30H32ClN3. The zero-order valence-corrected chi connectivity index (χ0v) is 21.0. The molecular weight excluding hydrogens is 438 g/mol. The van der Waals surface area contributed by atoms with Crippen LogP contribution in [0.3, 0.4) is 0 Å². The van der Waals surface area contributed by atoms with Gasteiger partial charge in [-0.05, 0) is 67.9 Å². The number of hydrogen-bond acceptors (Lipinski definition) is 3. The van der Waals surface area contributed by atoms with Gasteiger partial charge in [-0.2, -0.15) is 0 Å². The number of benzene rings is 2. The molecule has 3 aromatic rings. The molecule has 0 spiro atoms. The average molecular weight is 470 g/mol. The molecule has 0 radical (unpaired) electrons. The molecule has 2 aromatic carbocycles. The number of allylic oxidation sites excluding steroid dienone is 2. The van der Waals surface area contributed by atoms with Gasteiger partial charge in [0.1, 0.15) is 0 Å². The summed E-state index contributed by atoms with van der Waals surface area (Å²) in [6, 6.07) is 12.9. The second-order valence-electron chi connectivity index (χ2n) is 9.70. The van der Waals surface area contributed by atoms with E-state index in [0.29, 0.717) is 6.04 Å². The molecule has 1 heterocycles. The Morgan fingerprint density at radius 1 is 1.18 bits per heavy atom. The van der Waals surface area contributed by atoms with Crippen LogP contribution >= 0.6 is 11.6 Å². The number of para-hydroxylation sites is 1. The van der Waals surface area contributed by atoms with E-state index in [9.17, 15) is 0 Å². The molecule has 1 N–H and O–H groups in total. The summed E-state index contributed by atoms with van der Waals surface area (Å²) in [5.74, 6) is 0. The number of aryl methyl sites for hydroxylation is 1. The Balaban J connectivity index is 1.56. The molecule has 0 saturated heterocycles. The number of fused-ring (bicyclic) bond motifs is 1. The van der Waals surface area contributed by atoms with E-state index >= 15 is 0 Å². The number of rotatable bonds is 5. The van der Waals surface area contributed by atoms with Crippen molar-refractivity contribution in [3.05, 3.63) is 88.6 Å². The van der Waals surface area contributed by atoms with Gasteiger partial charge < -0.3 is 10.2 Å². The highest BCUT2D eigenvalue weighted by Gasteiger charge is 2.24. The predicted octanol–water partition coefficient (Wildman–Crippen LogP) is 7.69. The van der Waals surface area contributed by atoms with Crippen LogP contribution in [0.4, 0.5) is 5.69 Å². The molecule has 4 heteroatoms. The van der Waals surface area contributed by atoms with Crippen molar-refractivity contribution in [1.29, 1.82) is 0 Å².